The van der Waals surface area contributed by atoms with Gasteiger partial charge in [-0.3, -0.25) is 14.2 Å². The topological polar surface area (TPSA) is 103 Å². The van der Waals surface area contributed by atoms with Crippen LogP contribution in [0.25, 0.3) is 22.2 Å². The van der Waals surface area contributed by atoms with Gasteiger partial charge in [0.25, 0.3) is 11.5 Å². The SMILES string of the molecule is COc1ccc(-c2cc(=O)n(CCNC(=O)c3cc4ccccc4oc3=O)cn2)cc1. The third-order valence-electron chi connectivity index (χ3n) is 4.79. The van der Waals surface area contributed by atoms with Crippen molar-refractivity contribution in [3.63, 3.8) is 0 Å². The van der Waals surface area contributed by atoms with Gasteiger partial charge in [0.1, 0.15) is 16.9 Å². The molecule has 156 valence electrons. The average Bonchev–Trinajstić information content (AvgIpc) is 2.79. The van der Waals surface area contributed by atoms with Crippen molar-refractivity contribution < 1.29 is 13.9 Å². The number of methoxy groups -OCH3 is 1. The fourth-order valence-corrected chi connectivity index (χ4v) is 3.12. The molecule has 31 heavy (non-hydrogen) atoms. The zero-order chi connectivity index (χ0) is 21.8. The van der Waals surface area contributed by atoms with Crippen LogP contribution in [0, 0.1) is 0 Å². The van der Waals surface area contributed by atoms with Gasteiger partial charge in [0.2, 0.25) is 0 Å². The summed E-state index contributed by atoms with van der Waals surface area (Å²) in [7, 11) is 1.58. The molecule has 0 atom stereocenters. The van der Waals surface area contributed by atoms with Gasteiger partial charge >= 0.3 is 5.63 Å². The molecule has 2 aromatic carbocycles. The van der Waals surface area contributed by atoms with E-state index in [9.17, 15) is 14.4 Å². The molecule has 0 saturated carbocycles. The second kappa shape index (κ2) is 8.66. The van der Waals surface area contributed by atoms with Crippen molar-refractivity contribution >= 4 is 16.9 Å². The van der Waals surface area contributed by atoms with E-state index in [1.54, 1.807) is 43.5 Å². The molecule has 4 aromatic rings. The maximum absolute atomic E-state index is 12.4. The van der Waals surface area contributed by atoms with Crippen molar-refractivity contribution in [2.24, 2.45) is 0 Å². The summed E-state index contributed by atoms with van der Waals surface area (Å²) in [5, 5.41) is 3.29. The van der Waals surface area contributed by atoms with Crippen LogP contribution in [0.15, 0.2) is 81.0 Å². The number of rotatable bonds is 6. The number of aromatic nitrogens is 2. The first-order valence-corrected chi connectivity index (χ1v) is 9.57. The second-order valence-electron chi connectivity index (χ2n) is 6.78. The highest BCUT2D eigenvalue weighted by Gasteiger charge is 2.13. The summed E-state index contributed by atoms with van der Waals surface area (Å²) in [6, 6.07) is 17.1. The Bertz CT molecular complexity index is 1360. The van der Waals surface area contributed by atoms with Crippen LogP contribution in [0.1, 0.15) is 10.4 Å². The number of carbonyl (C=O) groups is 1. The van der Waals surface area contributed by atoms with Crippen LogP contribution in [-0.2, 0) is 6.54 Å². The minimum atomic E-state index is -0.709. The minimum Gasteiger partial charge on any atom is -0.497 e. The van der Waals surface area contributed by atoms with Crippen molar-refractivity contribution in [1.29, 1.82) is 0 Å². The lowest BCUT2D eigenvalue weighted by atomic mass is 10.1. The van der Waals surface area contributed by atoms with Gasteiger partial charge in [-0.25, -0.2) is 9.78 Å². The van der Waals surface area contributed by atoms with Gasteiger partial charge in [0.05, 0.1) is 19.1 Å². The Morgan fingerprint density at radius 3 is 2.61 bits per heavy atom. The molecule has 0 radical (unpaired) electrons. The van der Waals surface area contributed by atoms with E-state index in [0.717, 1.165) is 5.56 Å². The molecule has 1 N–H and O–H groups in total. The number of nitrogens with zero attached hydrogens (tertiary/aromatic N) is 2. The molecule has 0 aliphatic rings. The lowest BCUT2D eigenvalue weighted by molar-refractivity contribution is 0.0948. The molecule has 0 aliphatic heterocycles. The molecule has 2 aromatic heterocycles. The number of hydrogen-bond donors (Lipinski definition) is 1. The van der Waals surface area contributed by atoms with Gasteiger partial charge < -0.3 is 14.5 Å². The average molecular weight is 417 g/mol. The Morgan fingerprint density at radius 1 is 1.10 bits per heavy atom. The van der Waals surface area contributed by atoms with Gasteiger partial charge in [-0.15, -0.1) is 0 Å². The van der Waals surface area contributed by atoms with Crippen LogP contribution in [0.2, 0.25) is 0 Å². The summed E-state index contributed by atoms with van der Waals surface area (Å²) in [4.78, 5) is 41.2. The number of para-hydroxylation sites is 1. The first-order chi connectivity index (χ1) is 15.0. The third kappa shape index (κ3) is 4.37. The quantitative estimate of drug-likeness (QED) is 0.484. The molecule has 1 amide bonds. The zero-order valence-electron chi connectivity index (χ0n) is 16.7. The van der Waals surface area contributed by atoms with E-state index in [4.69, 9.17) is 9.15 Å². The van der Waals surface area contributed by atoms with E-state index >= 15 is 0 Å². The van der Waals surface area contributed by atoms with Crippen molar-refractivity contribution in [2.45, 2.75) is 6.54 Å². The zero-order valence-corrected chi connectivity index (χ0v) is 16.7. The molecule has 0 bridgehead atoms. The van der Waals surface area contributed by atoms with E-state index in [1.165, 1.54) is 23.0 Å². The number of ether oxygens (including phenoxy) is 1. The third-order valence-corrected chi connectivity index (χ3v) is 4.79. The van der Waals surface area contributed by atoms with Gasteiger partial charge in [-0.05, 0) is 36.4 Å². The molecule has 0 spiro atoms. The first kappa shape index (κ1) is 20.1. The fraction of sp³-hybridized carbons (Fsp3) is 0.130. The van der Waals surface area contributed by atoms with Crippen LogP contribution < -0.4 is 21.2 Å². The summed E-state index contributed by atoms with van der Waals surface area (Å²) >= 11 is 0. The molecule has 4 rings (SSSR count). The van der Waals surface area contributed by atoms with E-state index in [0.29, 0.717) is 22.4 Å². The molecule has 0 saturated heterocycles. The van der Waals surface area contributed by atoms with Crippen LogP contribution in [-0.4, -0.2) is 29.1 Å². The van der Waals surface area contributed by atoms with Crippen LogP contribution in [0.3, 0.4) is 0 Å². The highest BCUT2D eigenvalue weighted by Crippen LogP contribution is 2.19. The van der Waals surface area contributed by atoms with Crippen molar-refractivity contribution in [3.8, 4) is 17.0 Å². The summed E-state index contributed by atoms with van der Waals surface area (Å²) < 4.78 is 11.7. The lowest BCUT2D eigenvalue weighted by Crippen LogP contribution is -2.33. The number of fused-ring (bicyclic) bond motifs is 1. The predicted molar refractivity (Wildman–Crippen MR) is 115 cm³/mol. The molecule has 0 fully saturated rings. The Kier molecular flexibility index (Phi) is 5.61. The van der Waals surface area contributed by atoms with Gasteiger partial charge in [0.15, 0.2) is 0 Å². The monoisotopic (exact) mass is 417 g/mol. The predicted octanol–water partition coefficient (Wildman–Crippen LogP) is 2.46. The summed E-state index contributed by atoms with van der Waals surface area (Å²) in [5.41, 5.74) is 0.708. The first-order valence-electron chi connectivity index (χ1n) is 9.57. The number of hydrogen-bond acceptors (Lipinski definition) is 6. The molecule has 8 heteroatoms. The maximum atomic E-state index is 12.4. The van der Waals surface area contributed by atoms with Crippen molar-refractivity contribution in [3.05, 3.63) is 93.3 Å². The maximum Gasteiger partial charge on any atom is 0.349 e. The Balaban J connectivity index is 1.42. The standard InChI is InChI=1S/C23H19N3O5/c1-30-17-8-6-15(7-9-17)19-13-21(27)26(14-25-19)11-10-24-22(28)18-12-16-4-2-3-5-20(16)31-23(18)29/h2-9,12-14H,10-11H2,1H3,(H,24,28). The number of nitrogens with one attached hydrogen (secondary N) is 1. The molecular weight excluding hydrogens is 398 g/mol. The second-order valence-corrected chi connectivity index (χ2v) is 6.78. The minimum absolute atomic E-state index is 0.0842. The van der Waals surface area contributed by atoms with E-state index < -0.39 is 11.5 Å². The van der Waals surface area contributed by atoms with Crippen molar-refractivity contribution in [1.82, 2.24) is 14.9 Å². The van der Waals surface area contributed by atoms with Gasteiger partial charge in [0, 0.05) is 30.1 Å². The van der Waals surface area contributed by atoms with Crippen LogP contribution in [0.5, 0.6) is 5.75 Å². The van der Waals surface area contributed by atoms with E-state index in [-0.39, 0.29) is 24.2 Å². The Labute approximate surface area is 176 Å². The number of benzene rings is 2. The molecule has 2 heterocycles. The molecular formula is C23H19N3O5. The summed E-state index contributed by atoms with van der Waals surface area (Å²) in [6.45, 7) is 0.355. The summed E-state index contributed by atoms with van der Waals surface area (Å²) in [5.74, 6) is 0.156. The van der Waals surface area contributed by atoms with Crippen molar-refractivity contribution in [2.75, 3.05) is 13.7 Å². The smallest absolute Gasteiger partial charge is 0.349 e. The molecule has 0 aliphatic carbocycles. The van der Waals surface area contributed by atoms with Crippen LogP contribution >= 0.6 is 0 Å². The van der Waals surface area contributed by atoms with Crippen LogP contribution in [0.4, 0.5) is 0 Å². The van der Waals surface area contributed by atoms with Gasteiger partial charge in [-0.2, -0.15) is 0 Å². The fourth-order valence-electron chi connectivity index (χ4n) is 3.12. The highest BCUT2D eigenvalue weighted by molar-refractivity contribution is 5.96. The number of amides is 1. The van der Waals surface area contributed by atoms with E-state index in [1.807, 2.05) is 12.1 Å². The number of carbonyl (C=O) groups excluding carboxylic acids is 1. The largest absolute Gasteiger partial charge is 0.497 e. The van der Waals surface area contributed by atoms with Gasteiger partial charge in [-0.1, -0.05) is 18.2 Å². The summed E-state index contributed by atoms with van der Waals surface area (Å²) in [6.07, 6.45) is 1.43. The Morgan fingerprint density at radius 2 is 1.87 bits per heavy atom. The van der Waals surface area contributed by atoms with E-state index in [2.05, 4.69) is 10.3 Å². The molecule has 8 nitrogen and oxygen atoms in total. The highest BCUT2D eigenvalue weighted by atomic mass is 16.5. The Hall–Kier alpha value is -4.20. The molecule has 0 unspecified atom stereocenters. The lowest BCUT2D eigenvalue weighted by Gasteiger charge is -2.08. The normalized spacial score (nSPS) is 10.7.